The number of hydrogen-bond donors (Lipinski definition) is 1. The fourth-order valence-corrected chi connectivity index (χ4v) is 4.18. The highest BCUT2D eigenvalue weighted by Crippen LogP contribution is 2.20. The first-order valence-corrected chi connectivity index (χ1v) is 13.1. The minimum atomic E-state index is -3.72. The predicted molar refractivity (Wildman–Crippen MR) is 132 cm³/mol. The zero-order valence-corrected chi connectivity index (χ0v) is 20.9. The molecule has 7 nitrogen and oxygen atoms in total. The third-order valence-electron chi connectivity index (χ3n) is 5.36. The van der Waals surface area contributed by atoms with Crippen LogP contribution in [-0.2, 0) is 32.6 Å². The number of carbonyl (C=O) groups excluding carboxylic acids is 2. The van der Waals surface area contributed by atoms with E-state index in [4.69, 9.17) is 0 Å². The van der Waals surface area contributed by atoms with Crippen molar-refractivity contribution in [3.05, 3.63) is 65.7 Å². The summed E-state index contributed by atoms with van der Waals surface area (Å²) in [5.74, 6) is -0.450. The highest BCUT2D eigenvalue weighted by Gasteiger charge is 2.30. The van der Waals surface area contributed by atoms with Crippen molar-refractivity contribution in [1.29, 1.82) is 0 Å². The smallest absolute Gasteiger partial charge is 0.244 e. The average Bonchev–Trinajstić information content (AvgIpc) is 2.78. The highest BCUT2D eigenvalue weighted by atomic mass is 32.2. The number of nitrogens with one attached hydrogen (secondary N) is 1. The summed E-state index contributed by atoms with van der Waals surface area (Å²) in [5, 5.41) is 2.87. The van der Waals surface area contributed by atoms with Crippen LogP contribution in [-0.4, -0.2) is 50.5 Å². The molecular formula is C25H35N3O4S. The fraction of sp³-hybridized carbons (Fsp3) is 0.440. The molecule has 2 rings (SSSR count). The average molecular weight is 474 g/mol. The predicted octanol–water partition coefficient (Wildman–Crippen LogP) is 3.20. The summed E-state index contributed by atoms with van der Waals surface area (Å²) in [6.45, 7) is 7.96. The third kappa shape index (κ3) is 7.89. The van der Waals surface area contributed by atoms with E-state index in [-0.39, 0.29) is 24.9 Å². The van der Waals surface area contributed by atoms with Gasteiger partial charge in [0.25, 0.3) is 0 Å². The van der Waals surface area contributed by atoms with E-state index in [1.165, 1.54) is 4.90 Å². The van der Waals surface area contributed by atoms with E-state index in [1.807, 2.05) is 63.2 Å². The molecule has 2 aromatic carbocycles. The highest BCUT2D eigenvalue weighted by molar-refractivity contribution is 7.92. The fourth-order valence-electron chi connectivity index (χ4n) is 3.33. The van der Waals surface area contributed by atoms with E-state index in [1.54, 1.807) is 19.1 Å². The summed E-state index contributed by atoms with van der Waals surface area (Å²) < 4.78 is 26.2. The molecule has 0 spiro atoms. The molecule has 1 atom stereocenters. The van der Waals surface area contributed by atoms with Gasteiger partial charge in [-0.05, 0) is 42.5 Å². The van der Waals surface area contributed by atoms with Crippen molar-refractivity contribution in [2.24, 2.45) is 5.92 Å². The first-order valence-electron chi connectivity index (χ1n) is 11.2. The van der Waals surface area contributed by atoms with Gasteiger partial charge in [-0.25, -0.2) is 8.42 Å². The van der Waals surface area contributed by atoms with Crippen LogP contribution in [0.2, 0.25) is 0 Å². The van der Waals surface area contributed by atoms with Crippen LogP contribution < -0.4 is 9.62 Å². The van der Waals surface area contributed by atoms with Gasteiger partial charge in [0, 0.05) is 13.1 Å². The molecule has 2 amide bonds. The number of sulfonamides is 1. The molecule has 0 aliphatic heterocycles. The van der Waals surface area contributed by atoms with Crippen molar-refractivity contribution in [2.45, 2.75) is 46.7 Å². The number of amides is 2. The molecule has 0 fully saturated rings. The number of hydrogen-bond acceptors (Lipinski definition) is 4. The molecule has 0 heterocycles. The van der Waals surface area contributed by atoms with Crippen molar-refractivity contribution in [3.63, 3.8) is 0 Å². The van der Waals surface area contributed by atoms with Crippen LogP contribution in [0.1, 0.15) is 38.8 Å². The number of nitrogens with zero attached hydrogens (tertiary/aromatic N) is 2. The molecule has 1 unspecified atom stereocenters. The van der Waals surface area contributed by atoms with Gasteiger partial charge in [0.05, 0.1) is 11.9 Å². The standard InChI is InChI=1S/C25H35N3O4S/c1-6-21-12-14-23(15-13-21)28(33(5,31)32)18-24(29)27(17-22-10-8-7-9-11-22)20(4)25(30)26-16-19(2)3/h7-15,19-20H,6,16-18H2,1-5H3,(H,26,30). The summed E-state index contributed by atoms with van der Waals surface area (Å²) in [7, 11) is -3.72. The van der Waals surface area contributed by atoms with Crippen LogP contribution in [0.15, 0.2) is 54.6 Å². The lowest BCUT2D eigenvalue weighted by molar-refractivity contribution is -0.139. The Morgan fingerprint density at radius 2 is 1.55 bits per heavy atom. The SMILES string of the molecule is CCc1ccc(N(CC(=O)N(Cc2ccccc2)C(C)C(=O)NCC(C)C)S(C)(=O)=O)cc1. The Balaban J connectivity index is 2.32. The number of carbonyl (C=O) groups is 2. The summed E-state index contributed by atoms with van der Waals surface area (Å²) >= 11 is 0. The lowest BCUT2D eigenvalue weighted by Crippen LogP contribution is -2.51. The quantitative estimate of drug-likeness (QED) is 0.543. The maximum atomic E-state index is 13.4. The molecule has 0 aliphatic carbocycles. The van der Waals surface area contributed by atoms with Gasteiger partial charge >= 0.3 is 0 Å². The second-order valence-corrected chi connectivity index (χ2v) is 10.5. The van der Waals surface area contributed by atoms with Crippen molar-refractivity contribution in [1.82, 2.24) is 10.2 Å². The largest absolute Gasteiger partial charge is 0.354 e. The van der Waals surface area contributed by atoms with Crippen LogP contribution >= 0.6 is 0 Å². The van der Waals surface area contributed by atoms with Crippen molar-refractivity contribution < 1.29 is 18.0 Å². The normalized spacial score (nSPS) is 12.3. The molecule has 33 heavy (non-hydrogen) atoms. The van der Waals surface area contributed by atoms with E-state index in [2.05, 4.69) is 5.32 Å². The van der Waals surface area contributed by atoms with Gasteiger partial charge in [-0.15, -0.1) is 0 Å². The Bertz CT molecular complexity index is 1020. The summed E-state index contributed by atoms with van der Waals surface area (Å²) in [6.07, 6.45) is 1.90. The Labute approximate surface area is 197 Å². The molecule has 0 aromatic heterocycles. The van der Waals surface area contributed by atoms with Gasteiger partial charge in [-0.2, -0.15) is 0 Å². The van der Waals surface area contributed by atoms with E-state index in [0.717, 1.165) is 28.1 Å². The zero-order valence-electron chi connectivity index (χ0n) is 20.1. The van der Waals surface area contributed by atoms with Gasteiger partial charge in [0.2, 0.25) is 21.8 Å². The van der Waals surface area contributed by atoms with Gasteiger partial charge in [0.1, 0.15) is 12.6 Å². The maximum absolute atomic E-state index is 13.4. The van der Waals surface area contributed by atoms with Gasteiger partial charge in [-0.1, -0.05) is 63.2 Å². The molecule has 180 valence electrons. The van der Waals surface area contributed by atoms with Crippen LogP contribution in [0.5, 0.6) is 0 Å². The molecule has 0 radical (unpaired) electrons. The van der Waals surface area contributed by atoms with Crippen LogP contribution in [0.25, 0.3) is 0 Å². The van der Waals surface area contributed by atoms with Gasteiger partial charge < -0.3 is 10.2 Å². The number of aryl methyl sites for hydroxylation is 1. The van der Waals surface area contributed by atoms with Crippen molar-refractivity contribution in [2.75, 3.05) is 23.7 Å². The van der Waals surface area contributed by atoms with Crippen molar-refractivity contribution in [3.8, 4) is 0 Å². The summed E-state index contributed by atoms with van der Waals surface area (Å²) in [4.78, 5) is 27.6. The van der Waals surface area contributed by atoms with E-state index in [9.17, 15) is 18.0 Å². The minimum absolute atomic E-state index is 0.197. The van der Waals surface area contributed by atoms with E-state index >= 15 is 0 Å². The Hall–Kier alpha value is -2.87. The second kappa shape index (κ2) is 11.8. The van der Waals surface area contributed by atoms with E-state index in [0.29, 0.717) is 12.2 Å². The first-order chi connectivity index (χ1) is 15.5. The van der Waals surface area contributed by atoms with Gasteiger partial charge in [0.15, 0.2) is 0 Å². The first kappa shape index (κ1) is 26.4. The number of benzene rings is 2. The Morgan fingerprint density at radius 3 is 2.06 bits per heavy atom. The summed E-state index contributed by atoms with van der Waals surface area (Å²) in [6, 6.07) is 15.7. The molecule has 8 heteroatoms. The third-order valence-corrected chi connectivity index (χ3v) is 6.50. The van der Waals surface area contributed by atoms with Crippen LogP contribution in [0, 0.1) is 5.92 Å². The van der Waals surface area contributed by atoms with Crippen LogP contribution in [0.3, 0.4) is 0 Å². The lowest BCUT2D eigenvalue weighted by atomic mass is 10.1. The molecule has 1 N–H and O–H groups in total. The Morgan fingerprint density at radius 1 is 0.939 bits per heavy atom. The van der Waals surface area contributed by atoms with E-state index < -0.39 is 22.0 Å². The second-order valence-electron chi connectivity index (χ2n) is 8.61. The number of rotatable bonds is 11. The van der Waals surface area contributed by atoms with Crippen LogP contribution in [0.4, 0.5) is 5.69 Å². The lowest BCUT2D eigenvalue weighted by Gasteiger charge is -2.31. The molecule has 2 aromatic rings. The molecule has 0 saturated heterocycles. The molecule has 0 aliphatic rings. The minimum Gasteiger partial charge on any atom is -0.354 e. The van der Waals surface area contributed by atoms with Crippen molar-refractivity contribution >= 4 is 27.5 Å². The Kier molecular flexibility index (Phi) is 9.46. The molecule has 0 bridgehead atoms. The van der Waals surface area contributed by atoms with Gasteiger partial charge in [-0.3, -0.25) is 13.9 Å². The molecule has 0 saturated carbocycles. The number of anilines is 1. The monoisotopic (exact) mass is 473 g/mol. The summed E-state index contributed by atoms with van der Waals surface area (Å²) in [5.41, 5.74) is 2.34. The zero-order chi connectivity index (χ0) is 24.6. The maximum Gasteiger partial charge on any atom is 0.244 e. The topological polar surface area (TPSA) is 86.8 Å². The molecular weight excluding hydrogens is 438 g/mol.